The highest BCUT2D eigenvalue weighted by atomic mass is 15.3. The number of hydrogen-bond donors (Lipinski definition) is 3. The lowest BCUT2D eigenvalue weighted by atomic mass is 10.1. The van der Waals surface area contributed by atoms with Crippen molar-refractivity contribution in [2.75, 3.05) is 10.7 Å². The molecule has 5 nitrogen and oxygen atoms in total. The lowest BCUT2D eigenvalue weighted by Gasteiger charge is -2.15. The number of nitrogens with two attached hydrogens (primary N) is 1. The minimum absolute atomic E-state index is 0.418. The van der Waals surface area contributed by atoms with Gasteiger partial charge in [0.1, 0.15) is 17.5 Å². The molecule has 0 aliphatic heterocycles. The first-order chi connectivity index (χ1) is 8.15. The number of unbranched alkanes of at least 4 members (excludes halogenated alkanes) is 2. The van der Waals surface area contributed by atoms with E-state index in [0.29, 0.717) is 17.7 Å². The first kappa shape index (κ1) is 13.7. The van der Waals surface area contributed by atoms with Gasteiger partial charge in [0.25, 0.3) is 0 Å². The number of nitrogens with zero attached hydrogens (tertiary/aromatic N) is 2. The normalized spacial score (nSPS) is 12.2. The number of hydrazine groups is 1. The zero-order chi connectivity index (χ0) is 12.7. The molecule has 0 saturated carbocycles. The summed E-state index contributed by atoms with van der Waals surface area (Å²) in [6, 6.07) is 2.24. The molecule has 0 radical (unpaired) electrons. The number of nitrogen functional groups attached to an aromatic ring is 1. The Morgan fingerprint density at radius 2 is 2.00 bits per heavy atom. The van der Waals surface area contributed by atoms with Gasteiger partial charge in [0, 0.05) is 12.1 Å². The van der Waals surface area contributed by atoms with Gasteiger partial charge in [0.15, 0.2) is 0 Å². The topological polar surface area (TPSA) is 75.9 Å². The molecule has 17 heavy (non-hydrogen) atoms. The van der Waals surface area contributed by atoms with Crippen molar-refractivity contribution in [3.05, 3.63) is 11.9 Å². The van der Waals surface area contributed by atoms with Gasteiger partial charge in [0.05, 0.1) is 0 Å². The van der Waals surface area contributed by atoms with Crippen molar-refractivity contribution in [3.63, 3.8) is 0 Å². The standard InChI is InChI=1S/C12H23N5/c1-4-5-6-7-9(2)14-11-8-12(17-13)16-10(3)15-11/h8-9H,4-7,13H2,1-3H3,(H2,14,15,16,17). The van der Waals surface area contributed by atoms with Gasteiger partial charge in [-0.1, -0.05) is 26.2 Å². The van der Waals surface area contributed by atoms with E-state index in [1.165, 1.54) is 19.3 Å². The first-order valence-corrected chi connectivity index (χ1v) is 6.24. The Balaban J connectivity index is 2.52. The number of rotatable bonds is 7. The molecule has 0 bridgehead atoms. The molecule has 0 aliphatic carbocycles. The Hall–Kier alpha value is -1.36. The SMILES string of the molecule is CCCCCC(C)Nc1cc(NN)nc(C)n1. The summed E-state index contributed by atoms with van der Waals surface area (Å²) < 4.78 is 0. The van der Waals surface area contributed by atoms with Gasteiger partial charge in [-0.3, -0.25) is 0 Å². The molecule has 96 valence electrons. The molecule has 0 aromatic carbocycles. The molecule has 1 aromatic rings. The highest BCUT2D eigenvalue weighted by Gasteiger charge is 2.05. The molecule has 0 amide bonds. The quantitative estimate of drug-likeness (QED) is 0.386. The summed E-state index contributed by atoms with van der Waals surface area (Å²) in [7, 11) is 0. The minimum atomic E-state index is 0.418. The van der Waals surface area contributed by atoms with Crippen LogP contribution < -0.4 is 16.6 Å². The van der Waals surface area contributed by atoms with Gasteiger partial charge in [0.2, 0.25) is 0 Å². The maximum atomic E-state index is 5.35. The van der Waals surface area contributed by atoms with Crippen LogP contribution in [0, 0.1) is 6.92 Å². The fraction of sp³-hybridized carbons (Fsp3) is 0.667. The van der Waals surface area contributed by atoms with Crippen molar-refractivity contribution < 1.29 is 0 Å². The van der Waals surface area contributed by atoms with E-state index in [9.17, 15) is 0 Å². The van der Waals surface area contributed by atoms with Crippen LogP contribution >= 0.6 is 0 Å². The highest BCUT2D eigenvalue weighted by molar-refractivity contribution is 5.47. The zero-order valence-electron chi connectivity index (χ0n) is 11.0. The van der Waals surface area contributed by atoms with E-state index >= 15 is 0 Å². The summed E-state index contributed by atoms with van der Waals surface area (Å²) in [5, 5.41) is 3.37. The molecule has 0 aliphatic rings. The van der Waals surface area contributed by atoms with E-state index in [-0.39, 0.29) is 0 Å². The molecule has 1 heterocycles. The lowest BCUT2D eigenvalue weighted by molar-refractivity contribution is 0.613. The van der Waals surface area contributed by atoms with Gasteiger partial charge in [-0.15, -0.1) is 0 Å². The minimum Gasteiger partial charge on any atom is -0.367 e. The summed E-state index contributed by atoms with van der Waals surface area (Å²) >= 11 is 0. The van der Waals surface area contributed by atoms with Gasteiger partial charge in [-0.05, 0) is 20.3 Å². The smallest absolute Gasteiger partial charge is 0.145 e. The van der Waals surface area contributed by atoms with Crippen LogP contribution in [0.1, 0.15) is 45.4 Å². The molecule has 0 spiro atoms. The molecular formula is C12H23N5. The molecular weight excluding hydrogens is 214 g/mol. The van der Waals surface area contributed by atoms with Crippen molar-refractivity contribution in [3.8, 4) is 0 Å². The summed E-state index contributed by atoms with van der Waals surface area (Å²) in [6.07, 6.45) is 4.93. The molecule has 5 heteroatoms. The second kappa shape index (κ2) is 7.06. The average molecular weight is 237 g/mol. The fourth-order valence-electron chi connectivity index (χ4n) is 1.74. The molecule has 1 unspecified atom stereocenters. The Morgan fingerprint density at radius 3 is 2.65 bits per heavy atom. The van der Waals surface area contributed by atoms with Gasteiger partial charge < -0.3 is 10.7 Å². The Kier molecular flexibility index (Phi) is 5.69. The van der Waals surface area contributed by atoms with Crippen LogP contribution in [0.4, 0.5) is 11.6 Å². The fourth-order valence-corrected chi connectivity index (χ4v) is 1.74. The largest absolute Gasteiger partial charge is 0.367 e. The highest BCUT2D eigenvalue weighted by Crippen LogP contribution is 2.13. The molecule has 1 atom stereocenters. The van der Waals surface area contributed by atoms with Crippen LogP contribution in [-0.4, -0.2) is 16.0 Å². The van der Waals surface area contributed by atoms with Crippen LogP contribution in [-0.2, 0) is 0 Å². The van der Waals surface area contributed by atoms with E-state index in [0.717, 1.165) is 12.2 Å². The van der Waals surface area contributed by atoms with Crippen molar-refractivity contribution >= 4 is 11.6 Å². The van der Waals surface area contributed by atoms with Gasteiger partial charge >= 0.3 is 0 Å². The summed E-state index contributed by atoms with van der Waals surface area (Å²) in [4.78, 5) is 8.48. The summed E-state index contributed by atoms with van der Waals surface area (Å²) in [6.45, 7) is 6.24. The van der Waals surface area contributed by atoms with Crippen LogP contribution in [0.3, 0.4) is 0 Å². The predicted molar refractivity (Wildman–Crippen MR) is 71.8 cm³/mol. The maximum absolute atomic E-state index is 5.35. The molecule has 1 aromatic heterocycles. The van der Waals surface area contributed by atoms with Crippen molar-refractivity contribution in [1.29, 1.82) is 0 Å². The summed E-state index contributed by atoms with van der Waals surface area (Å²) in [5.41, 5.74) is 2.54. The van der Waals surface area contributed by atoms with Gasteiger partial charge in [-0.2, -0.15) is 0 Å². The molecule has 4 N–H and O–H groups in total. The Bertz CT molecular complexity index is 340. The van der Waals surface area contributed by atoms with E-state index < -0.39 is 0 Å². The number of nitrogens with one attached hydrogen (secondary N) is 2. The lowest BCUT2D eigenvalue weighted by Crippen LogP contribution is -2.17. The third-order valence-corrected chi connectivity index (χ3v) is 2.62. The van der Waals surface area contributed by atoms with E-state index in [1.807, 2.05) is 13.0 Å². The van der Waals surface area contributed by atoms with E-state index in [4.69, 9.17) is 5.84 Å². The predicted octanol–water partition coefficient (Wildman–Crippen LogP) is 2.45. The van der Waals surface area contributed by atoms with Crippen molar-refractivity contribution in [1.82, 2.24) is 9.97 Å². The van der Waals surface area contributed by atoms with Crippen LogP contribution in [0.25, 0.3) is 0 Å². The first-order valence-electron chi connectivity index (χ1n) is 6.24. The number of aryl methyl sites for hydroxylation is 1. The maximum Gasteiger partial charge on any atom is 0.145 e. The zero-order valence-corrected chi connectivity index (χ0v) is 11.0. The van der Waals surface area contributed by atoms with Crippen LogP contribution in [0.2, 0.25) is 0 Å². The third kappa shape index (κ3) is 4.99. The number of aromatic nitrogens is 2. The summed E-state index contributed by atoms with van der Waals surface area (Å²) in [5.74, 6) is 7.53. The van der Waals surface area contributed by atoms with Crippen molar-refractivity contribution in [2.24, 2.45) is 5.84 Å². The second-order valence-electron chi connectivity index (χ2n) is 4.37. The Morgan fingerprint density at radius 1 is 1.29 bits per heavy atom. The second-order valence-corrected chi connectivity index (χ2v) is 4.37. The van der Waals surface area contributed by atoms with E-state index in [2.05, 4.69) is 34.6 Å². The third-order valence-electron chi connectivity index (χ3n) is 2.62. The Labute approximate surface area is 103 Å². The number of hydrogen-bond acceptors (Lipinski definition) is 5. The van der Waals surface area contributed by atoms with Crippen molar-refractivity contribution in [2.45, 2.75) is 52.5 Å². The number of anilines is 2. The van der Waals surface area contributed by atoms with Crippen LogP contribution in [0.15, 0.2) is 6.07 Å². The van der Waals surface area contributed by atoms with Gasteiger partial charge in [-0.25, -0.2) is 15.8 Å². The van der Waals surface area contributed by atoms with E-state index in [1.54, 1.807) is 0 Å². The monoisotopic (exact) mass is 237 g/mol. The molecule has 0 saturated heterocycles. The van der Waals surface area contributed by atoms with Crippen LogP contribution in [0.5, 0.6) is 0 Å². The molecule has 1 rings (SSSR count). The molecule has 0 fully saturated rings. The average Bonchev–Trinajstić information content (AvgIpc) is 2.28.